The summed E-state index contributed by atoms with van der Waals surface area (Å²) in [5.41, 5.74) is -5.98. The number of anilines is 1. The van der Waals surface area contributed by atoms with Gasteiger partial charge < -0.3 is 14.5 Å². The van der Waals surface area contributed by atoms with E-state index in [0.29, 0.717) is 18.2 Å². The Morgan fingerprint density at radius 1 is 0.976 bits per heavy atom. The monoisotopic (exact) mass is 615 g/mol. The number of halogens is 9. The molecule has 0 saturated heterocycles. The minimum atomic E-state index is -5.14. The average Bonchev–Trinajstić information content (AvgIpc) is 2.98. The standard InChI is InChI=1S/C26H26F9N3O4/c1-13(2)41-23(40)42-38-7-5-6-20(22-21(38)11-19(14(3)36-22)26(33,34)35)37(15(4)39)12-16-8-17(24(27,28)29)10-18(9-16)25(30,31)32/h8-11,13,20H,5-7,12H2,1-4H3. The molecule has 1 atom stereocenters. The zero-order valence-corrected chi connectivity index (χ0v) is 22.7. The van der Waals surface area contributed by atoms with E-state index in [4.69, 9.17) is 9.57 Å². The van der Waals surface area contributed by atoms with Crippen molar-refractivity contribution in [3.63, 3.8) is 0 Å². The molecule has 2 heterocycles. The molecular weight excluding hydrogens is 589 g/mol. The predicted octanol–water partition coefficient (Wildman–Crippen LogP) is 7.61. The molecule has 7 nitrogen and oxygen atoms in total. The zero-order valence-electron chi connectivity index (χ0n) is 22.7. The molecule has 0 bridgehead atoms. The molecule has 0 aliphatic carbocycles. The molecule has 0 N–H and O–H groups in total. The molecule has 42 heavy (non-hydrogen) atoms. The molecule has 0 spiro atoms. The number of benzene rings is 1. The molecular formula is C26H26F9N3O4. The number of ether oxygens (including phenoxy) is 1. The Balaban J connectivity index is 2.16. The van der Waals surface area contributed by atoms with Crippen molar-refractivity contribution in [3.05, 3.63) is 57.9 Å². The molecule has 16 heteroatoms. The topological polar surface area (TPSA) is 72.0 Å². The molecule has 1 amide bonds. The van der Waals surface area contributed by atoms with Crippen molar-refractivity contribution in [2.24, 2.45) is 0 Å². The highest BCUT2D eigenvalue weighted by Crippen LogP contribution is 2.42. The first kappa shape index (κ1) is 32.8. The Morgan fingerprint density at radius 2 is 1.55 bits per heavy atom. The summed E-state index contributed by atoms with van der Waals surface area (Å²) in [4.78, 5) is 35.1. The third-order valence-electron chi connectivity index (χ3n) is 6.25. The summed E-state index contributed by atoms with van der Waals surface area (Å²) >= 11 is 0. The number of aryl methyl sites for hydroxylation is 1. The van der Waals surface area contributed by atoms with Crippen LogP contribution in [0.2, 0.25) is 0 Å². The fourth-order valence-electron chi connectivity index (χ4n) is 4.48. The first-order valence-electron chi connectivity index (χ1n) is 12.5. The summed E-state index contributed by atoms with van der Waals surface area (Å²) in [5, 5.41) is 0.812. The van der Waals surface area contributed by atoms with Gasteiger partial charge in [0, 0.05) is 13.5 Å². The normalized spacial score (nSPS) is 16.1. The van der Waals surface area contributed by atoms with Crippen molar-refractivity contribution in [3.8, 4) is 0 Å². The Kier molecular flexibility index (Phi) is 9.27. The van der Waals surface area contributed by atoms with E-state index in [2.05, 4.69) is 4.98 Å². The van der Waals surface area contributed by atoms with E-state index in [0.717, 1.165) is 23.8 Å². The summed E-state index contributed by atoms with van der Waals surface area (Å²) < 4.78 is 127. The summed E-state index contributed by atoms with van der Waals surface area (Å²) in [5.74, 6) is -0.801. The van der Waals surface area contributed by atoms with Gasteiger partial charge in [-0.25, -0.2) is 9.86 Å². The number of hydrogen-bond acceptors (Lipinski definition) is 6. The van der Waals surface area contributed by atoms with Crippen LogP contribution in [0.4, 0.5) is 50.0 Å². The van der Waals surface area contributed by atoms with E-state index >= 15 is 0 Å². The second kappa shape index (κ2) is 11.9. The van der Waals surface area contributed by atoms with Gasteiger partial charge in [0.25, 0.3) is 0 Å². The number of hydrogen-bond donors (Lipinski definition) is 0. The van der Waals surface area contributed by atoms with Crippen molar-refractivity contribution in [1.29, 1.82) is 0 Å². The fourth-order valence-corrected chi connectivity index (χ4v) is 4.48. The number of fused-ring (bicyclic) bond motifs is 1. The van der Waals surface area contributed by atoms with Crippen molar-refractivity contribution >= 4 is 17.7 Å². The van der Waals surface area contributed by atoms with Gasteiger partial charge in [-0.1, -0.05) is 0 Å². The number of pyridine rings is 1. The van der Waals surface area contributed by atoms with Gasteiger partial charge in [-0.2, -0.15) is 39.5 Å². The Bertz CT molecular complexity index is 1290. The fraction of sp³-hybridized carbons (Fsp3) is 0.500. The number of amides is 1. The van der Waals surface area contributed by atoms with E-state index < -0.39 is 77.2 Å². The van der Waals surface area contributed by atoms with Crippen LogP contribution in [0, 0.1) is 6.92 Å². The molecule has 1 unspecified atom stereocenters. The quantitative estimate of drug-likeness (QED) is 0.255. The van der Waals surface area contributed by atoms with Gasteiger partial charge in [0.15, 0.2) is 0 Å². The highest BCUT2D eigenvalue weighted by atomic mass is 19.4. The predicted molar refractivity (Wildman–Crippen MR) is 129 cm³/mol. The molecule has 1 aromatic carbocycles. The highest BCUT2D eigenvalue weighted by molar-refractivity contribution is 5.74. The van der Waals surface area contributed by atoms with Crippen LogP contribution < -0.4 is 5.06 Å². The van der Waals surface area contributed by atoms with Gasteiger partial charge in [-0.15, -0.1) is 0 Å². The van der Waals surface area contributed by atoms with Crippen LogP contribution in [-0.4, -0.2) is 34.6 Å². The molecule has 3 rings (SSSR count). The number of carbonyl (C=O) groups excluding carboxylic acids is 2. The number of alkyl halides is 9. The third-order valence-corrected chi connectivity index (χ3v) is 6.25. The minimum absolute atomic E-state index is 0.0332. The second-order valence-corrected chi connectivity index (χ2v) is 9.85. The number of hydroxylamine groups is 1. The lowest BCUT2D eigenvalue weighted by atomic mass is 10.0. The molecule has 0 saturated carbocycles. The zero-order chi connectivity index (χ0) is 31.8. The van der Waals surface area contributed by atoms with Gasteiger partial charge in [-0.3, -0.25) is 9.78 Å². The summed E-state index contributed by atoms with van der Waals surface area (Å²) in [6, 6.07) is 0.314. The van der Waals surface area contributed by atoms with E-state index in [1.807, 2.05) is 0 Å². The lowest BCUT2D eigenvalue weighted by molar-refractivity contribution is -0.143. The Morgan fingerprint density at radius 3 is 2.02 bits per heavy atom. The molecule has 2 aromatic rings. The van der Waals surface area contributed by atoms with Crippen LogP contribution in [-0.2, 0) is 39.4 Å². The van der Waals surface area contributed by atoms with Gasteiger partial charge in [0.1, 0.15) is 0 Å². The summed E-state index contributed by atoms with van der Waals surface area (Å²) in [6.45, 7) is 4.11. The molecule has 1 aliphatic rings. The maximum Gasteiger partial charge on any atom is 0.533 e. The lowest BCUT2D eigenvalue weighted by Gasteiger charge is -2.32. The number of rotatable bonds is 5. The van der Waals surface area contributed by atoms with Gasteiger partial charge in [0.05, 0.1) is 52.5 Å². The number of aromatic nitrogens is 1. The molecule has 0 radical (unpaired) electrons. The van der Waals surface area contributed by atoms with Crippen LogP contribution >= 0.6 is 0 Å². The second-order valence-electron chi connectivity index (χ2n) is 9.85. The first-order chi connectivity index (χ1) is 19.2. The summed E-state index contributed by atoms with van der Waals surface area (Å²) in [6.07, 6.45) is -17.0. The largest absolute Gasteiger partial charge is 0.533 e. The molecule has 0 fully saturated rings. The lowest BCUT2D eigenvalue weighted by Crippen LogP contribution is -2.34. The molecule has 232 valence electrons. The average molecular weight is 615 g/mol. The van der Waals surface area contributed by atoms with E-state index in [1.54, 1.807) is 0 Å². The van der Waals surface area contributed by atoms with Crippen molar-refractivity contribution in [2.45, 2.75) is 77.8 Å². The van der Waals surface area contributed by atoms with Crippen LogP contribution in [0.3, 0.4) is 0 Å². The van der Waals surface area contributed by atoms with Crippen molar-refractivity contribution in [2.75, 3.05) is 11.6 Å². The van der Waals surface area contributed by atoms with Gasteiger partial charge in [-0.05, 0) is 63.4 Å². The highest BCUT2D eigenvalue weighted by Gasteiger charge is 2.40. The molecule has 1 aromatic heterocycles. The van der Waals surface area contributed by atoms with Gasteiger partial charge in [0.2, 0.25) is 5.91 Å². The Labute approximate surface area is 234 Å². The van der Waals surface area contributed by atoms with E-state index in [9.17, 15) is 49.1 Å². The third kappa shape index (κ3) is 7.76. The van der Waals surface area contributed by atoms with Crippen LogP contribution in [0.5, 0.6) is 0 Å². The number of carbonyl (C=O) groups is 2. The number of nitrogens with zero attached hydrogens (tertiary/aromatic N) is 3. The van der Waals surface area contributed by atoms with Crippen molar-refractivity contribution < 1.29 is 58.7 Å². The maximum absolute atomic E-state index is 13.8. The smallest absolute Gasteiger partial charge is 0.430 e. The van der Waals surface area contributed by atoms with Gasteiger partial charge >= 0.3 is 24.7 Å². The summed E-state index contributed by atoms with van der Waals surface area (Å²) in [7, 11) is 0. The SMILES string of the molecule is CC(=O)N(Cc1cc(C(F)(F)F)cc(C(F)(F)F)c1)C1CCCN(OC(=O)OC(C)C)c2cc(C(F)(F)F)c(C)nc21. The van der Waals surface area contributed by atoms with Crippen LogP contribution in [0.1, 0.15) is 73.3 Å². The Hall–Kier alpha value is -3.72. The van der Waals surface area contributed by atoms with Crippen LogP contribution in [0.25, 0.3) is 0 Å². The van der Waals surface area contributed by atoms with Crippen LogP contribution in [0.15, 0.2) is 24.3 Å². The maximum atomic E-state index is 13.8. The molecule has 1 aliphatic heterocycles. The van der Waals surface area contributed by atoms with Crippen molar-refractivity contribution in [1.82, 2.24) is 9.88 Å². The minimum Gasteiger partial charge on any atom is -0.430 e. The first-order valence-corrected chi connectivity index (χ1v) is 12.5. The van der Waals surface area contributed by atoms with E-state index in [1.165, 1.54) is 13.8 Å². The van der Waals surface area contributed by atoms with E-state index in [-0.39, 0.29) is 36.8 Å².